The van der Waals surface area contributed by atoms with Gasteiger partial charge >= 0.3 is 6.18 Å². The summed E-state index contributed by atoms with van der Waals surface area (Å²) in [7, 11) is 0. The number of hydrogen-bond donors (Lipinski definition) is 3. The van der Waals surface area contributed by atoms with Crippen LogP contribution < -0.4 is 11.1 Å². The summed E-state index contributed by atoms with van der Waals surface area (Å²) >= 11 is 3.06. The van der Waals surface area contributed by atoms with Crippen molar-refractivity contribution in [1.82, 2.24) is 0 Å². The van der Waals surface area contributed by atoms with Crippen molar-refractivity contribution in [2.75, 3.05) is 11.9 Å². The number of hydrogen-bond acceptors (Lipinski definition) is 3. The van der Waals surface area contributed by atoms with Crippen LogP contribution in [0.5, 0.6) is 0 Å². The molecule has 0 bridgehead atoms. The molecule has 2 unspecified atom stereocenters. The van der Waals surface area contributed by atoms with E-state index in [9.17, 15) is 18.3 Å². The van der Waals surface area contributed by atoms with Gasteiger partial charge in [0, 0.05) is 22.7 Å². The second-order valence-electron chi connectivity index (χ2n) is 3.98. The van der Waals surface area contributed by atoms with Gasteiger partial charge in [-0.25, -0.2) is 0 Å². The fourth-order valence-electron chi connectivity index (χ4n) is 1.23. The van der Waals surface area contributed by atoms with Gasteiger partial charge in [0.1, 0.15) is 0 Å². The van der Waals surface area contributed by atoms with Crippen LogP contribution in [0.2, 0.25) is 0 Å². The van der Waals surface area contributed by atoms with E-state index in [1.54, 1.807) is 6.92 Å². The molecule has 0 heterocycles. The number of aliphatic hydroxyl groups is 1. The minimum absolute atomic E-state index is 0.266. The number of nitrogens with one attached hydrogen (secondary N) is 1. The van der Waals surface area contributed by atoms with Crippen LogP contribution in [0.3, 0.4) is 0 Å². The van der Waals surface area contributed by atoms with Crippen molar-refractivity contribution < 1.29 is 18.3 Å². The number of aliphatic hydroxyl groups excluding tert-OH is 1. The second kappa shape index (κ2) is 5.90. The lowest BCUT2D eigenvalue weighted by Gasteiger charge is -2.17. The quantitative estimate of drug-likeness (QED) is 0.797. The Morgan fingerprint density at radius 3 is 2.50 bits per heavy atom. The number of rotatable bonds is 4. The van der Waals surface area contributed by atoms with Gasteiger partial charge in [0.05, 0.1) is 11.7 Å². The lowest BCUT2D eigenvalue weighted by molar-refractivity contribution is -0.137. The maximum absolute atomic E-state index is 12.4. The minimum atomic E-state index is -4.36. The Hall–Kier alpha value is -0.790. The van der Waals surface area contributed by atoms with E-state index in [1.807, 2.05) is 0 Å². The molecule has 102 valence electrons. The Morgan fingerprint density at radius 1 is 1.44 bits per heavy atom. The highest BCUT2D eigenvalue weighted by Crippen LogP contribution is 2.33. The van der Waals surface area contributed by atoms with Crippen molar-refractivity contribution in [3.8, 4) is 0 Å². The van der Waals surface area contributed by atoms with E-state index >= 15 is 0 Å². The molecular formula is C11H14BrF3N2O. The van der Waals surface area contributed by atoms with Crippen LogP contribution >= 0.6 is 15.9 Å². The smallest absolute Gasteiger partial charge is 0.392 e. The molecule has 18 heavy (non-hydrogen) atoms. The van der Waals surface area contributed by atoms with Crippen LogP contribution in [0, 0.1) is 0 Å². The highest BCUT2D eigenvalue weighted by molar-refractivity contribution is 9.10. The predicted molar refractivity (Wildman–Crippen MR) is 67.3 cm³/mol. The van der Waals surface area contributed by atoms with E-state index in [2.05, 4.69) is 21.2 Å². The average Bonchev–Trinajstić information content (AvgIpc) is 2.25. The van der Waals surface area contributed by atoms with Crippen molar-refractivity contribution in [1.29, 1.82) is 0 Å². The first-order valence-corrected chi connectivity index (χ1v) is 6.05. The number of benzene rings is 1. The Kier molecular flexibility index (Phi) is 5.01. The zero-order valence-corrected chi connectivity index (χ0v) is 11.2. The van der Waals surface area contributed by atoms with E-state index in [4.69, 9.17) is 5.73 Å². The molecule has 0 aliphatic rings. The van der Waals surface area contributed by atoms with Crippen LogP contribution in [0.1, 0.15) is 12.5 Å². The molecule has 1 rings (SSSR count). The molecule has 0 radical (unpaired) electrons. The summed E-state index contributed by atoms with van der Waals surface area (Å²) < 4.78 is 37.6. The molecule has 0 spiro atoms. The maximum atomic E-state index is 12.4. The molecule has 0 fully saturated rings. The average molecular weight is 327 g/mol. The Balaban J connectivity index is 2.75. The van der Waals surface area contributed by atoms with Crippen LogP contribution in [0.25, 0.3) is 0 Å². The Morgan fingerprint density at radius 2 is 2.06 bits per heavy atom. The van der Waals surface area contributed by atoms with E-state index in [-0.39, 0.29) is 6.54 Å². The van der Waals surface area contributed by atoms with Crippen molar-refractivity contribution >= 4 is 21.6 Å². The van der Waals surface area contributed by atoms with Gasteiger partial charge in [-0.2, -0.15) is 13.2 Å². The molecule has 7 heteroatoms. The zero-order chi connectivity index (χ0) is 13.9. The topological polar surface area (TPSA) is 58.3 Å². The Bertz CT molecular complexity index is 410. The molecule has 2 atom stereocenters. The fourth-order valence-corrected chi connectivity index (χ4v) is 1.75. The monoisotopic (exact) mass is 326 g/mol. The summed E-state index contributed by atoms with van der Waals surface area (Å²) in [5, 5.41) is 12.1. The van der Waals surface area contributed by atoms with Crippen molar-refractivity contribution in [2.45, 2.75) is 25.2 Å². The van der Waals surface area contributed by atoms with Crippen LogP contribution in [0.15, 0.2) is 22.7 Å². The number of anilines is 1. The van der Waals surface area contributed by atoms with Gasteiger partial charge in [-0.3, -0.25) is 0 Å². The van der Waals surface area contributed by atoms with Crippen LogP contribution in [-0.4, -0.2) is 23.8 Å². The molecule has 1 aromatic rings. The van der Waals surface area contributed by atoms with Gasteiger partial charge in [0.2, 0.25) is 0 Å². The third kappa shape index (κ3) is 4.15. The fraction of sp³-hybridized carbons (Fsp3) is 0.455. The normalized spacial score (nSPS) is 15.3. The lowest BCUT2D eigenvalue weighted by atomic mass is 10.1. The molecule has 4 N–H and O–H groups in total. The summed E-state index contributed by atoms with van der Waals surface area (Å²) in [5.74, 6) is 0. The summed E-state index contributed by atoms with van der Waals surface area (Å²) in [5.41, 5.74) is 5.38. The molecular weight excluding hydrogens is 313 g/mol. The van der Waals surface area contributed by atoms with Gasteiger partial charge in [0.25, 0.3) is 0 Å². The predicted octanol–water partition coefficient (Wildman–Crippen LogP) is 2.59. The number of nitrogens with two attached hydrogens (primary N) is 1. The molecule has 0 aliphatic heterocycles. The standard InChI is InChI=1S/C11H14BrF3N2O/c1-6(18)9(16)5-17-10-3-2-7(4-8(10)12)11(13,14)15/h2-4,6,9,17-18H,5,16H2,1H3. The highest BCUT2D eigenvalue weighted by atomic mass is 79.9. The maximum Gasteiger partial charge on any atom is 0.416 e. The van der Waals surface area contributed by atoms with Gasteiger partial charge in [0.15, 0.2) is 0 Å². The van der Waals surface area contributed by atoms with Gasteiger partial charge < -0.3 is 16.2 Å². The summed E-state index contributed by atoms with van der Waals surface area (Å²) in [6, 6.07) is 2.82. The minimum Gasteiger partial charge on any atom is -0.392 e. The number of alkyl halides is 3. The molecule has 3 nitrogen and oxygen atoms in total. The van der Waals surface area contributed by atoms with E-state index < -0.39 is 23.9 Å². The summed E-state index contributed by atoms with van der Waals surface area (Å²) in [6.45, 7) is 1.82. The van der Waals surface area contributed by atoms with E-state index in [1.165, 1.54) is 6.07 Å². The first-order valence-electron chi connectivity index (χ1n) is 5.26. The highest BCUT2D eigenvalue weighted by Gasteiger charge is 2.30. The van der Waals surface area contributed by atoms with Gasteiger partial charge in [-0.1, -0.05) is 0 Å². The van der Waals surface area contributed by atoms with E-state index in [0.29, 0.717) is 10.2 Å². The molecule has 0 saturated carbocycles. The summed E-state index contributed by atoms with van der Waals surface area (Å²) in [6.07, 6.45) is -5.05. The summed E-state index contributed by atoms with van der Waals surface area (Å²) in [4.78, 5) is 0. The van der Waals surface area contributed by atoms with Gasteiger partial charge in [-0.05, 0) is 41.1 Å². The van der Waals surface area contributed by atoms with Gasteiger partial charge in [-0.15, -0.1) is 0 Å². The van der Waals surface area contributed by atoms with Crippen LogP contribution in [0.4, 0.5) is 18.9 Å². The molecule has 0 saturated heterocycles. The molecule has 1 aromatic carbocycles. The number of halogens is 4. The molecule has 0 aliphatic carbocycles. The zero-order valence-electron chi connectivity index (χ0n) is 9.63. The molecule has 0 aromatic heterocycles. The first kappa shape index (κ1) is 15.3. The lowest BCUT2D eigenvalue weighted by Crippen LogP contribution is -2.38. The van der Waals surface area contributed by atoms with E-state index in [0.717, 1.165) is 12.1 Å². The van der Waals surface area contributed by atoms with Crippen molar-refractivity contribution in [3.63, 3.8) is 0 Å². The van der Waals surface area contributed by atoms with Crippen LogP contribution in [-0.2, 0) is 6.18 Å². The SMILES string of the molecule is CC(O)C(N)CNc1ccc(C(F)(F)F)cc1Br. The first-order chi connectivity index (χ1) is 8.21. The third-order valence-electron chi connectivity index (χ3n) is 2.44. The Labute approximate surface area is 111 Å². The second-order valence-corrected chi connectivity index (χ2v) is 4.83. The third-order valence-corrected chi connectivity index (χ3v) is 3.10. The van der Waals surface area contributed by atoms with Crippen molar-refractivity contribution in [2.24, 2.45) is 5.73 Å². The van der Waals surface area contributed by atoms with Crippen molar-refractivity contribution in [3.05, 3.63) is 28.2 Å². The molecule has 0 amide bonds. The largest absolute Gasteiger partial charge is 0.416 e.